The molecular weight excluding hydrogens is 338 g/mol. The first-order chi connectivity index (χ1) is 12.1. The van der Waals surface area contributed by atoms with Crippen molar-refractivity contribution in [3.8, 4) is 5.75 Å². The topological polar surface area (TPSA) is 63.7 Å². The van der Waals surface area contributed by atoms with Crippen molar-refractivity contribution in [2.45, 2.75) is 19.9 Å². The monoisotopic (exact) mass is 361 g/mol. The normalized spacial score (nSPS) is 15.7. The highest BCUT2D eigenvalue weighted by Crippen LogP contribution is 2.30. The predicted molar refractivity (Wildman–Crippen MR) is 98.8 cm³/mol. The summed E-state index contributed by atoms with van der Waals surface area (Å²) in [6.07, 6.45) is 0. The third-order valence-corrected chi connectivity index (χ3v) is 5.29. The number of rotatable bonds is 5. The summed E-state index contributed by atoms with van der Waals surface area (Å²) >= 11 is 1.56. The van der Waals surface area contributed by atoms with Crippen LogP contribution in [0.5, 0.6) is 5.75 Å². The van der Waals surface area contributed by atoms with Gasteiger partial charge in [-0.2, -0.15) is 0 Å². The fourth-order valence-corrected chi connectivity index (χ4v) is 3.60. The first kappa shape index (κ1) is 17.7. The van der Waals surface area contributed by atoms with Crippen LogP contribution in [0.1, 0.15) is 34.0 Å². The standard InChI is InChI=1S/C18H23N3O3S/c1-12-11-25-18(19-12)13(2)20-17(22)14-4-5-16(23-3)15(10-14)21-6-8-24-9-7-21/h4-5,10-11,13H,6-9H2,1-3H3,(H,20,22)/t13-/m1/s1. The summed E-state index contributed by atoms with van der Waals surface area (Å²) in [6, 6.07) is 5.40. The molecule has 1 aromatic heterocycles. The van der Waals surface area contributed by atoms with Gasteiger partial charge in [-0.1, -0.05) is 0 Å². The van der Waals surface area contributed by atoms with E-state index in [1.165, 1.54) is 0 Å². The minimum atomic E-state index is -0.125. The molecule has 0 aliphatic carbocycles. The van der Waals surface area contributed by atoms with Gasteiger partial charge in [-0.3, -0.25) is 4.79 Å². The van der Waals surface area contributed by atoms with Gasteiger partial charge in [-0.15, -0.1) is 11.3 Å². The summed E-state index contributed by atoms with van der Waals surface area (Å²) in [5, 5.41) is 5.92. The van der Waals surface area contributed by atoms with Gasteiger partial charge >= 0.3 is 0 Å². The van der Waals surface area contributed by atoms with Crippen molar-refractivity contribution in [2.24, 2.45) is 0 Å². The lowest BCUT2D eigenvalue weighted by molar-refractivity contribution is 0.0939. The van der Waals surface area contributed by atoms with Gasteiger partial charge in [0.15, 0.2) is 0 Å². The maximum Gasteiger partial charge on any atom is 0.251 e. The number of nitrogens with zero attached hydrogens (tertiary/aromatic N) is 2. The average Bonchev–Trinajstić information content (AvgIpc) is 3.08. The fraction of sp³-hybridized carbons (Fsp3) is 0.444. The zero-order valence-corrected chi connectivity index (χ0v) is 15.6. The number of methoxy groups -OCH3 is 1. The van der Waals surface area contributed by atoms with Crippen LogP contribution in [-0.4, -0.2) is 44.3 Å². The van der Waals surface area contributed by atoms with E-state index in [1.54, 1.807) is 24.5 Å². The molecule has 3 rings (SSSR count). The molecule has 6 nitrogen and oxygen atoms in total. The lowest BCUT2D eigenvalue weighted by atomic mass is 10.1. The molecule has 2 heterocycles. The van der Waals surface area contributed by atoms with Gasteiger partial charge in [0, 0.05) is 29.7 Å². The highest BCUT2D eigenvalue weighted by atomic mass is 32.1. The molecule has 0 unspecified atom stereocenters. The van der Waals surface area contributed by atoms with Gasteiger partial charge in [0.25, 0.3) is 5.91 Å². The van der Waals surface area contributed by atoms with E-state index >= 15 is 0 Å². The number of hydrogen-bond acceptors (Lipinski definition) is 6. The molecule has 7 heteroatoms. The van der Waals surface area contributed by atoms with Crippen molar-refractivity contribution < 1.29 is 14.3 Å². The second kappa shape index (κ2) is 7.84. The van der Waals surface area contributed by atoms with E-state index in [4.69, 9.17) is 9.47 Å². The minimum absolute atomic E-state index is 0.113. The maximum atomic E-state index is 12.7. The van der Waals surface area contributed by atoms with Crippen LogP contribution < -0.4 is 15.0 Å². The number of nitrogens with one attached hydrogen (secondary N) is 1. The molecule has 1 fully saturated rings. The van der Waals surface area contributed by atoms with Crippen LogP contribution in [0.25, 0.3) is 0 Å². The molecule has 1 N–H and O–H groups in total. The van der Waals surface area contributed by atoms with Gasteiger partial charge in [-0.05, 0) is 32.0 Å². The van der Waals surface area contributed by atoms with Crippen molar-refractivity contribution >= 4 is 22.9 Å². The summed E-state index contributed by atoms with van der Waals surface area (Å²) in [4.78, 5) is 19.3. The van der Waals surface area contributed by atoms with Crippen LogP contribution in [0, 0.1) is 6.92 Å². The van der Waals surface area contributed by atoms with Crippen LogP contribution in [0.3, 0.4) is 0 Å². The Morgan fingerprint density at radius 3 is 2.80 bits per heavy atom. The van der Waals surface area contributed by atoms with Crippen LogP contribution >= 0.6 is 11.3 Å². The number of aromatic nitrogens is 1. The maximum absolute atomic E-state index is 12.7. The summed E-state index contributed by atoms with van der Waals surface area (Å²) in [7, 11) is 1.64. The molecule has 0 saturated carbocycles. The number of thiazole rings is 1. The number of ether oxygens (including phenoxy) is 2. The Bertz CT molecular complexity index is 741. The van der Waals surface area contributed by atoms with E-state index in [-0.39, 0.29) is 11.9 Å². The number of carbonyl (C=O) groups is 1. The lowest BCUT2D eigenvalue weighted by Gasteiger charge is -2.30. The Hall–Kier alpha value is -2.12. The fourth-order valence-electron chi connectivity index (χ4n) is 2.80. The molecule has 1 amide bonds. The zero-order valence-electron chi connectivity index (χ0n) is 14.7. The number of carbonyl (C=O) groups excluding carboxylic acids is 1. The highest BCUT2D eigenvalue weighted by molar-refractivity contribution is 7.09. The van der Waals surface area contributed by atoms with Crippen LogP contribution in [0.4, 0.5) is 5.69 Å². The SMILES string of the molecule is COc1ccc(C(=O)N[C@H](C)c2nc(C)cs2)cc1N1CCOCC1. The van der Waals surface area contributed by atoms with Gasteiger partial charge in [-0.25, -0.2) is 4.98 Å². The molecular formula is C18H23N3O3S. The molecule has 1 saturated heterocycles. The number of aryl methyl sites for hydroxylation is 1. The van der Waals surface area contributed by atoms with Crippen molar-refractivity contribution in [3.05, 3.63) is 39.8 Å². The van der Waals surface area contributed by atoms with E-state index in [2.05, 4.69) is 15.2 Å². The Labute approximate surface area is 151 Å². The van der Waals surface area contributed by atoms with Gasteiger partial charge in [0.2, 0.25) is 0 Å². The minimum Gasteiger partial charge on any atom is -0.495 e. The number of anilines is 1. The van der Waals surface area contributed by atoms with Crippen molar-refractivity contribution in [1.29, 1.82) is 0 Å². The molecule has 0 bridgehead atoms. The first-order valence-electron chi connectivity index (χ1n) is 8.32. The second-order valence-corrected chi connectivity index (χ2v) is 6.90. The van der Waals surface area contributed by atoms with E-state index in [1.807, 2.05) is 31.4 Å². The second-order valence-electron chi connectivity index (χ2n) is 6.01. The van der Waals surface area contributed by atoms with E-state index in [9.17, 15) is 4.79 Å². The molecule has 134 valence electrons. The third kappa shape index (κ3) is 4.11. The van der Waals surface area contributed by atoms with Crippen molar-refractivity contribution in [1.82, 2.24) is 10.3 Å². The predicted octanol–water partition coefficient (Wildman–Crippen LogP) is 2.79. The quantitative estimate of drug-likeness (QED) is 0.887. The average molecular weight is 361 g/mol. The van der Waals surface area contributed by atoms with E-state index in [0.717, 1.165) is 35.2 Å². The number of morpholine rings is 1. The Morgan fingerprint density at radius 2 is 2.16 bits per heavy atom. The summed E-state index contributed by atoms with van der Waals surface area (Å²) < 4.78 is 10.9. The third-order valence-electron chi connectivity index (χ3n) is 4.15. The van der Waals surface area contributed by atoms with Crippen LogP contribution in [0.15, 0.2) is 23.6 Å². The van der Waals surface area contributed by atoms with Crippen molar-refractivity contribution in [3.63, 3.8) is 0 Å². The van der Waals surface area contributed by atoms with Gasteiger partial charge < -0.3 is 19.7 Å². The van der Waals surface area contributed by atoms with Crippen LogP contribution in [0.2, 0.25) is 0 Å². The Morgan fingerprint density at radius 1 is 1.40 bits per heavy atom. The van der Waals surface area contributed by atoms with Crippen molar-refractivity contribution in [2.75, 3.05) is 38.3 Å². The molecule has 25 heavy (non-hydrogen) atoms. The Kier molecular flexibility index (Phi) is 5.55. The number of benzene rings is 1. The van der Waals surface area contributed by atoms with E-state index in [0.29, 0.717) is 18.8 Å². The molecule has 1 atom stereocenters. The number of hydrogen-bond donors (Lipinski definition) is 1. The first-order valence-corrected chi connectivity index (χ1v) is 9.20. The highest BCUT2D eigenvalue weighted by Gasteiger charge is 2.19. The molecule has 1 aliphatic heterocycles. The molecule has 0 spiro atoms. The summed E-state index contributed by atoms with van der Waals surface area (Å²) in [5.41, 5.74) is 2.51. The molecule has 0 radical (unpaired) electrons. The molecule has 1 aromatic carbocycles. The Balaban J connectivity index is 1.77. The lowest BCUT2D eigenvalue weighted by Crippen LogP contribution is -2.36. The molecule has 2 aromatic rings. The smallest absolute Gasteiger partial charge is 0.251 e. The number of amides is 1. The van der Waals surface area contributed by atoms with Gasteiger partial charge in [0.05, 0.1) is 32.1 Å². The largest absolute Gasteiger partial charge is 0.495 e. The summed E-state index contributed by atoms with van der Waals surface area (Å²) in [5.74, 6) is 0.652. The molecule has 1 aliphatic rings. The van der Waals surface area contributed by atoms with Gasteiger partial charge in [0.1, 0.15) is 10.8 Å². The zero-order chi connectivity index (χ0) is 17.8. The van der Waals surface area contributed by atoms with Crippen LogP contribution in [-0.2, 0) is 4.74 Å². The summed E-state index contributed by atoms with van der Waals surface area (Å²) in [6.45, 7) is 6.84. The van der Waals surface area contributed by atoms with E-state index < -0.39 is 0 Å².